The van der Waals surface area contributed by atoms with Crippen LogP contribution in [0.15, 0.2) is 18.2 Å². The summed E-state index contributed by atoms with van der Waals surface area (Å²) < 4.78 is 10.6. The lowest BCUT2D eigenvalue weighted by Crippen LogP contribution is -2.34. The second-order valence-electron chi connectivity index (χ2n) is 5.44. The van der Waals surface area contributed by atoms with Gasteiger partial charge in [-0.25, -0.2) is 0 Å². The van der Waals surface area contributed by atoms with Crippen molar-refractivity contribution < 1.29 is 14.3 Å². The molecule has 2 aliphatic rings. The van der Waals surface area contributed by atoms with Crippen LogP contribution in [0.2, 0.25) is 0 Å². The highest BCUT2D eigenvalue weighted by Crippen LogP contribution is 2.33. The van der Waals surface area contributed by atoms with Crippen LogP contribution in [0.5, 0.6) is 11.5 Å². The summed E-state index contributed by atoms with van der Waals surface area (Å²) in [7, 11) is 0. The van der Waals surface area contributed by atoms with Crippen molar-refractivity contribution in [1.82, 2.24) is 5.32 Å². The molecule has 2 atom stereocenters. The Morgan fingerprint density at radius 3 is 2.90 bits per heavy atom. The second-order valence-corrected chi connectivity index (χ2v) is 5.44. The van der Waals surface area contributed by atoms with Crippen molar-refractivity contribution in [3.8, 4) is 11.5 Å². The van der Waals surface area contributed by atoms with Gasteiger partial charge in [0.1, 0.15) is 0 Å². The number of halogens is 1. The number of hydrogen-bond acceptors (Lipinski definition) is 4. The molecular formula is C15H21ClN2O3. The van der Waals surface area contributed by atoms with E-state index in [0.29, 0.717) is 19.0 Å². The predicted molar refractivity (Wildman–Crippen MR) is 81.5 cm³/mol. The third-order valence-electron chi connectivity index (χ3n) is 4.20. The van der Waals surface area contributed by atoms with Crippen LogP contribution >= 0.6 is 12.4 Å². The summed E-state index contributed by atoms with van der Waals surface area (Å²) in [6.45, 7) is 1.39. The molecule has 5 nitrogen and oxygen atoms in total. The van der Waals surface area contributed by atoms with Gasteiger partial charge in [-0.05, 0) is 43.0 Å². The van der Waals surface area contributed by atoms with E-state index in [1.807, 2.05) is 18.2 Å². The highest BCUT2D eigenvalue weighted by atomic mass is 35.5. The molecule has 1 saturated carbocycles. The van der Waals surface area contributed by atoms with Crippen molar-refractivity contribution in [2.45, 2.75) is 25.8 Å². The van der Waals surface area contributed by atoms with Crippen LogP contribution < -0.4 is 20.5 Å². The molecule has 1 aromatic carbocycles. The molecule has 1 fully saturated rings. The maximum absolute atomic E-state index is 12.2. The summed E-state index contributed by atoms with van der Waals surface area (Å²) in [5, 5.41) is 3.01. The number of amides is 1. The van der Waals surface area contributed by atoms with Crippen molar-refractivity contribution in [2.75, 3.05) is 13.3 Å². The molecule has 21 heavy (non-hydrogen) atoms. The van der Waals surface area contributed by atoms with E-state index in [1.54, 1.807) is 0 Å². The van der Waals surface area contributed by atoms with Gasteiger partial charge in [0.2, 0.25) is 12.7 Å². The summed E-state index contributed by atoms with van der Waals surface area (Å²) in [6.07, 6.45) is 3.12. The van der Waals surface area contributed by atoms with Gasteiger partial charge < -0.3 is 20.5 Å². The van der Waals surface area contributed by atoms with Gasteiger partial charge in [0, 0.05) is 12.5 Å². The number of nitrogens with one attached hydrogen (secondary N) is 1. The van der Waals surface area contributed by atoms with Crippen molar-refractivity contribution in [3.05, 3.63) is 23.8 Å². The predicted octanol–water partition coefficient (Wildman–Crippen LogP) is 1.83. The molecule has 0 radical (unpaired) electrons. The zero-order valence-corrected chi connectivity index (χ0v) is 12.7. The number of benzene rings is 1. The van der Waals surface area contributed by atoms with Crippen LogP contribution in [-0.2, 0) is 11.3 Å². The average Bonchev–Trinajstić information content (AvgIpc) is 3.12. The van der Waals surface area contributed by atoms with E-state index in [-0.39, 0.29) is 31.0 Å². The molecule has 3 rings (SSSR count). The number of ether oxygens (including phenoxy) is 2. The summed E-state index contributed by atoms with van der Waals surface area (Å²) >= 11 is 0. The topological polar surface area (TPSA) is 73.6 Å². The Kier molecular flexibility index (Phi) is 5.31. The second kappa shape index (κ2) is 7.00. The lowest BCUT2D eigenvalue weighted by atomic mass is 9.95. The highest BCUT2D eigenvalue weighted by Gasteiger charge is 2.31. The Morgan fingerprint density at radius 1 is 1.29 bits per heavy atom. The molecule has 1 heterocycles. The molecule has 116 valence electrons. The molecular weight excluding hydrogens is 292 g/mol. The largest absolute Gasteiger partial charge is 0.454 e. The molecule has 1 amide bonds. The van der Waals surface area contributed by atoms with E-state index in [9.17, 15) is 4.79 Å². The van der Waals surface area contributed by atoms with Crippen molar-refractivity contribution in [2.24, 2.45) is 17.6 Å². The third kappa shape index (κ3) is 3.41. The maximum Gasteiger partial charge on any atom is 0.231 e. The quantitative estimate of drug-likeness (QED) is 0.889. The molecule has 0 saturated heterocycles. The fourth-order valence-corrected chi connectivity index (χ4v) is 3.04. The maximum atomic E-state index is 12.2. The molecule has 0 bridgehead atoms. The molecule has 1 aliphatic heterocycles. The molecule has 3 N–H and O–H groups in total. The fourth-order valence-electron chi connectivity index (χ4n) is 3.04. The van der Waals surface area contributed by atoms with Crippen LogP contribution in [0.3, 0.4) is 0 Å². The van der Waals surface area contributed by atoms with Crippen molar-refractivity contribution in [1.29, 1.82) is 0 Å². The number of nitrogens with two attached hydrogens (primary N) is 1. The number of rotatable bonds is 4. The summed E-state index contributed by atoms with van der Waals surface area (Å²) in [6, 6.07) is 5.74. The van der Waals surface area contributed by atoms with Crippen LogP contribution in [0.4, 0.5) is 0 Å². The van der Waals surface area contributed by atoms with Crippen LogP contribution in [-0.4, -0.2) is 19.2 Å². The van der Waals surface area contributed by atoms with Crippen LogP contribution in [0, 0.1) is 11.8 Å². The Labute approximate surface area is 130 Å². The lowest BCUT2D eigenvalue weighted by molar-refractivity contribution is -0.126. The van der Waals surface area contributed by atoms with Gasteiger partial charge in [-0.15, -0.1) is 12.4 Å². The third-order valence-corrected chi connectivity index (χ3v) is 4.20. The standard InChI is InChI=1S/C15H20N2O3.ClH/c16-7-11-2-1-3-12(11)15(18)17-8-10-4-5-13-14(6-10)20-9-19-13;/h4-6,11-12H,1-3,7-9,16H2,(H,17,18);1H/t11-,12-;/m1./s1. The minimum absolute atomic E-state index is 0. The number of fused-ring (bicyclic) bond motifs is 1. The normalized spacial score (nSPS) is 22.7. The minimum Gasteiger partial charge on any atom is -0.454 e. The molecule has 0 aromatic heterocycles. The Hall–Kier alpha value is -1.46. The number of carbonyl (C=O) groups excluding carboxylic acids is 1. The first-order valence-electron chi connectivity index (χ1n) is 7.14. The number of hydrogen-bond donors (Lipinski definition) is 2. The number of carbonyl (C=O) groups is 1. The van der Waals surface area contributed by atoms with Crippen LogP contribution in [0.25, 0.3) is 0 Å². The summed E-state index contributed by atoms with van der Waals surface area (Å²) in [4.78, 5) is 12.2. The monoisotopic (exact) mass is 312 g/mol. The van der Waals surface area contributed by atoms with Crippen LogP contribution in [0.1, 0.15) is 24.8 Å². The van der Waals surface area contributed by atoms with E-state index in [2.05, 4.69) is 5.32 Å². The Balaban J connectivity index is 0.00000161. The van der Waals surface area contributed by atoms with Gasteiger partial charge in [-0.2, -0.15) is 0 Å². The first kappa shape index (κ1) is 15.9. The minimum atomic E-state index is 0. The smallest absolute Gasteiger partial charge is 0.231 e. The van der Waals surface area contributed by atoms with E-state index in [0.717, 1.165) is 36.3 Å². The van der Waals surface area contributed by atoms with Crippen molar-refractivity contribution in [3.63, 3.8) is 0 Å². The lowest BCUT2D eigenvalue weighted by Gasteiger charge is -2.17. The van der Waals surface area contributed by atoms with Gasteiger partial charge in [-0.1, -0.05) is 12.5 Å². The SMILES string of the molecule is Cl.NC[C@H]1CCC[C@H]1C(=O)NCc1ccc2c(c1)OCO2. The zero-order chi connectivity index (χ0) is 13.9. The molecule has 6 heteroatoms. The Bertz CT molecular complexity index is 510. The van der Waals surface area contributed by atoms with Gasteiger partial charge in [-0.3, -0.25) is 4.79 Å². The van der Waals surface area contributed by atoms with Gasteiger partial charge in [0.05, 0.1) is 0 Å². The van der Waals surface area contributed by atoms with Gasteiger partial charge in [0.25, 0.3) is 0 Å². The Morgan fingerprint density at radius 2 is 2.10 bits per heavy atom. The summed E-state index contributed by atoms with van der Waals surface area (Å²) in [5.41, 5.74) is 6.74. The average molecular weight is 313 g/mol. The first-order valence-corrected chi connectivity index (χ1v) is 7.14. The van der Waals surface area contributed by atoms with Gasteiger partial charge >= 0.3 is 0 Å². The first-order chi connectivity index (χ1) is 9.78. The fraction of sp³-hybridized carbons (Fsp3) is 0.533. The molecule has 0 spiro atoms. The van der Waals surface area contributed by atoms with Crippen molar-refractivity contribution >= 4 is 18.3 Å². The molecule has 1 aliphatic carbocycles. The van der Waals surface area contributed by atoms with E-state index >= 15 is 0 Å². The zero-order valence-electron chi connectivity index (χ0n) is 11.8. The van der Waals surface area contributed by atoms with Gasteiger partial charge in [0.15, 0.2) is 11.5 Å². The van der Waals surface area contributed by atoms with E-state index in [4.69, 9.17) is 15.2 Å². The molecule has 0 unspecified atom stereocenters. The van der Waals surface area contributed by atoms with E-state index < -0.39 is 0 Å². The van der Waals surface area contributed by atoms with E-state index in [1.165, 1.54) is 0 Å². The summed E-state index contributed by atoms with van der Waals surface area (Å²) in [5.74, 6) is 2.05. The molecule has 1 aromatic rings. The highest BCUT2D eigenvalue weighted by molar-refractivity contribution is 5.85.